The molecule has 0 amide bonds. The van der Waals surface area contributed by atoms with Gasteiger partial charge in [-0.15, -0.1) is 0 Å². The third kappa shape index (κ3) is 3.57. The van der Waals surface area contributed by atoms with Gasteiger partial charge in [0.2, 0.25) is 0 Å². The minimum absolute atomic E-state index is 0.408. The average molecular weight is 267 g/mol. The average Bonchev–Trinajstić information content (AvgIpc) is 2.38. The van der Waals surface area contributed by atoms with Crippen LogP contribution in [0, 0.1) is 20.8 Å². The summed E-state index contributed by atoms with van der Waals surface area (Å²) >= 11 is 0. The zero-order valence-corrected chi connectivity index (χ0v) is 13.5. The Bertz CT molecular complexity index is 520. The molecule has 0 atom stereocenters. The Hall–Kier alpha value is -1.34. The van der Waals surface area contributed by atoms with Gasteiger partial charge in [-0.3, -0.25) is 0 Å². The molecule has 0 fully saturated rings. The van der Waals surface area contributed by atoms with Gasteiger partial charge in [0.05, 0.1) is 8.80 Å². The SMILES string of the molecule is Cc1cc(C)c(CC[Si](C)c2ccccc2)c(C)c1. The third-order valence-electron chi connectivity index (χ3n) is 3.86. The van der Waals surface area contributed by atoms with Crippen LogP contribution in [0.4, 0.5) is 0 Å². The highest BCUT2D eigenvalue weighted by Gasteiger charge is 2.10. The van der Waals surface area contributed by atoms with Gasteiger partial charge in [0.1, 0.15) is 0 Å². The van der Waals surface area contributed by atoms with Crippen LogP contribution in [0.25, 0.3) is 0 Å². The van der Waals surface area contributed by atoms with Crippen LogP contribution in [0.3, 0.4) is 0 Å². The number of rotatable bonds is 4. The van der Waals surface area contributed by atoms with Crippen molar-refractivity contribution < 1.29 is 0 Å². The second kappa shape index (κ2) is 6.20. The van der Waals surface area contributed by atoms with E-state index in [1.807, 2.05) is 0 Å². The summed E-state index contributed by atoms with van der Waals surface area (Å²) in [7, 11) is -0.408. The Morgan fingerprint density at radius 3 is 2.05 bits per heavy atom. The van der Waals surface area contributed by atoms with Crippen LogP contribution in [0.2, 0.25) is 12.6 Å². The fourth-order valence-corrected chi connectivity index (χ4v) is 4.46. The first-order valence-electron chi connectivity index (χ1n) is 7.02. The van der Waals surface area contributed by atoms with Gasteiger partial charge < -0.3 is 0 Å². The molecule has 2 rings (SSSR count). The summed E-state index contributed by atoms with van der Waals surface area (Å²) in [6.07, 6.45) is 1.22. The number of hydrogen-bond donors (Lipinski definition) is 0. The van der Waals surface area contributed by atoms with E-state index in [-0.39, 0.29) is 0 Å². The third-order valence-corrected chi connectivity index (χ3v) is 6.18. The molecule has 1 heteroatoms. The van der Waals surface area contributed by atoms with Crippen molar-refractivity contribution in [1.82, 2.24) is 0 Å². The second-order valence-corrected chi connectivity index (χ2v) is 8.16. The zero-order valence-electron chi connectivity index (χ0n) is 12.5. The van der Waals surface area contributed by atoms with Gasteiger partial charge in [-0.05, 0) is 43.9 Å². The van der Waals surface area contributed by atoms with Crippen LogP contribution in [0.15, 0.2) is 42.5 Å². The van der Waals surface area contributed by atoms with E-state index in [2.05, 4.69) is 69.8 Å². The maximum atomic E-state index is 2.43. The first-order chi connectivity index (χ1) is 9.08. The summed E-state index contributed by atoms with van der Waals surface area (Å²) in [5, 5.41) is 1.55. The van der Waals surface area contributed by atoms with Crippen LogP contribution in [0.5, 0.6) is 0 Å². The molecule has 0 unspecified atom stereocenters. The summed E-state index contributed by atoms with van der Waals surface area (Å²) in [5.41, 5.74) is 5.86. The maximum absolute atomic E-state index is 2.43. The fourth-order valence-electron chi connectivity index (χ4n) is 2.78. The van der Waals surface area contributed by atoms with Gasteiger partial charge in [0, 0.05) is 0 Å². The largest absolute Gasteiger partial charge is 0.0827 e. The highest BCUT2D eigenvalue weighted by molar-refractivity contribution is 6.72. The molecule has 0 saturated carbocycles. The van der Waals surface area contributed by atoms with E-state index in [1.165, 1.54) is 29.2 Å². The molecule has 0 aliphatic heterocycles. The van der Waals surface area contributed by atoms with Crippen LogP contribution in [-0.4, -0.2) is 8.80 Å². The van der Waals surface area contributed by atoms with E-state index in [9.17, 15) is 0 Å². The lowest BCUT2D eigenvalue weighted by atomic mass is 9.98. The van der Waals surface area contributed by atoms with E-state index in [4.69, 9.17) is 0 Å². The Morgan fingerprint density at radius 2 is 1.47 bits per heavy atom. The number of hydrogen-bond acceptors (Lipinski definition) is 0. The quantitative estimate of drug-likeness (QED) is 0.729. The van der Waals surface area contributed by atoms with Crippen molar-refractivity contribution in [1.29, 1.82) is 0 Å². The van der Waals surface area contributed by atoms with Crippen LogP contribution < -0.4 is 5.19 Å². The van der Waals surface area contributed by atoms with Gasteiger partial charge in [0.15, 0.2) is 0 Å². The predicted octanol–water partition coefficient (Wildman–Crippen LogP) is 4.19. The molecule has 0 N–H and O–H groups in total. The highest BCUT2D eigenvalue weighted by Crippen LogP contribution is 2.18. The van der Waals surface area contributed by atoms with E-state index in [0.29, 0.717) is 0 Å². The fraction of sp³-hybridized carbons (Fsp3) is 0.333. The van der Waals surface area contributed by atoms with Crippen molar-refractivity contribution in [2.45, 2.75) is 39.8 Å². The number of benzene rings is 2. The Balaban J connectivity index is 2.07. The van der Waals surface area contributed by atoms with Crippen LogP contribution in [-0.2, 0) is 6.42 Å². The van der Waals surface area contributed by atoms with E-state index >= 15 is 0 Å². The molecule has 2 aromatic rings. The molecule has 0 aliphatic rings. The van der Waals surface area contributed by atoms with Crippen molar-refractivity contribution in [2.75, 3.05) is 0 Å². The molecule has 1 radical (unpaired) electrons. The molecule has 0 aliphatic carbocycles. The Morgan fingerprint density at radius 1 is 0.895 bits per heavy atom. The lowest BCUT2D eigenvalue weighted by molar-refractivity contribution is 1.06. The molecule has 99 valence electrons. The smallest absolute Gasteiger partial charge is 0.0669 e. The minimum atomic E-state index is -0.408. The molecule has 2 aromatic carbocycles. The highest BCUT2D eigenvalue weighted by atomic mass is 28.3. The van der Waals surface area contributed by atoms with Crippen molar-refractivity contribution in [2.24, 2.45) is 0 Å². The zero-order chi connectivity index (χ0) is 13.8. The van der Waals surface area contributed by atoms with Gasteiger partial charge in [-0.2, -0.15) is 0 Å². The first kappa shape index (κ1) is 14.1. The van der Waals surface area contributed by atoms with Crippen molar-refractivity contribution in [3.63, 3.8) is 0 Å². The van der Waals surface area contributed by atoms with E-state index in [0.717, 1.165) is 0 Å². The van der Waals surface area contributed by atoms with Gasteiger partial charge in [-0.25, -0.2) is 0 Å². The maximum Gasteiger partial charge on any atom is 0.0827 e. The molecule has 0 heterocycles. The van der Waals surface area contributed by atoms with Crippen LogP contribution >= 0.6 is 0 Å². The molecule has 0 spiro atoms. The first-order valence-corrected chi connectivity index (χ1v) is 9.23. The summed E-state index contributed by atoms with van der Waals surface area (Å²) in [4.78, 5) is 0. The van der Waals surface area contributed by atoms with Crippen molar-refractivity contribution in [3.8, 4) is 0 Å². The number of aryl methyl sites for hydroxylation is 3. The summed E-state index contributed by atoms with van der Waals surface area (Å²) in [5.74, 6) is 0. The Kier molecular flexibility index (Phi) is 4.59. The van der Waals surface area contributed by atoms with Crippen molar-refractivity contribution in [3.05, 3.63) is 64.7 Å². The molecular weight excluding hydrogens is 244 g/mol. The summed E-state index contributed by atoms with van der Waals surface area (Å²) < 4.78 is 0. The molecule has 0 bridgehead atoms. The Labute approximate surface area is 119 Å². The normalized spacial score (nSPS) is 11.0. The lowest BCUT2D eigenvalue weighted by Crippen LogP contribution is -2.26. The van der Waals surface area contributed by atoms with E-state index < -0.39 is 8.80 Å². The van der Waals surface area contributed by atoms with E-state index in [1.54, 1.807) is 10.8 Å². The van der Waals surface area contributed by atoms with Gasteiger partial charge in [-0.1, -0.05) is 65.8 Å². The monoisotopic (exact) mass is 267 g/mol. The summed E-state index contributed by atoms with van der Waals surface area (Å²) in [6, 6.07) is 16.9. The summed E-state index contributed by atoms with van der Waals surface area (Å²) in [6.45, 7) is 9.11. The molecule has 0 aromatic heterocycles. The predicted molar refractivity (Wildman–Crippen MR) is 86.9 cm³/mol. The van der Waals surface area contributed by atoms with Crippen LogP contribution in [0.1, 0.15) is 22.3 Å². The minimum Gasteiger partial charge on any atom is -0.0669 e. The standard InChI is InChI=1S/C18H23Si/c1-14-12-15(2)18(16(3)13-14)10-11-19(4)17-8-6-5-7-9-17/h5-9,12-13H,10-11H2,1-4H3. The second-order valence-electron chi connectivity index (χ2n) is 5.52. The molecular formula is C18H23Si. The molecule has 0 nitrogen and oxygen atoms in total. The molecule has 0 saturated heterocycles. The lowest BCUT2D eigenvalue weighted by Gasteiger charge is -2.14. The van der Waals surface area contributed by atoms with Crippen molar-refractivity contribution >= 4 is 14.0 Å². The van der Waals surface area contributed by atoms with Gasteiger partial charge in [0.25, 0.3) is 0 Å². The topological polar surface area (TPSA) is 0 Å². The molecule has 19 heavy (non-hydrogen) atoms. The van der Waals surface area contributed by atoms with Gasteiger partial charge >= 0.3 is 0 Å².